The summed E-state index contributed by atoms with van der Waals surface area (Å²) in [6, 6.07) is 18.7. The summed E-state index contributed by atoms with van der Waals surface area (Å²) in [5, 5.41) is 19.9. The van der Waals surface area contributed by atoms with Gasteiger partial charge in [-0.3, -0.25) is 9.36 Å². The van der Waals surface area contributed by atoms with E-state index in [0.717, 1.165) is 5.56 Å². The summed E-state index contributed by atoms with van der Waals surface area (Å²) >= 11 is 1.17. The van der Waals surface area contributed by atoms with Crippen molar-refractivity contribution in [1.82, 2.24) is 4.57 Å². The van der Waals surface area contributed by atoms with Crippen LogP contribution in [0.25, 0.3) is 17.5 Å². The van der Waals surface area contributed by atoms with Crippen LogP contribution in [-0.4, -0.2) is 18.8 Å². The second-order valence-corrected chi connectivity index (χ2v) is 8.01. The maximum absolute atomic E-state index is 13.2. The summed E-state index contributed by atoms with van der Waals surface area (Å²) in [5.74, 6) is 0.592. The monoisotopic (exact) mass is 442 g/mol. The summed E-state index contributed by atoms with van der Waals surface area (Å²) in [6.45, 7) is 0. The molecule has 4 rings (SSSR count). The Morgan fingerprint density at radius 3 is 2.34 bits per heavy atom. The van der Waals surface area contributed by atoms with E-state index in [2.05, 4.69) is 12.1 Å². The Labute approximate surface area is 187 Å². The molecular formula is C24H18N4O3S. The fraction of sp³-hybridized carbons (Fsp3) is 0.125. The summed E-state index contributed by atoms with van der Waals surface area (Å²) < 4.78 is 12.6. The first-order valence-electron chi connectivity index (χ1n) is 9.58. The highest BCUT2D eigenvalue weighted by atomic mass is 32.1. The van der Waals surface area contributed by atoms with Gasteiger partial charge in [0.05, 0.1) is 48.0 Å². The Bertz CT molecular complexity index is 1520. The van der Waals surface area contributed by atoms with E-state index in [1.54, 1.807) is 50.6 Å². The minimum Gasteiger partial charge on any atom is -0.497 e. The highest BCUT2D eigenvalue weighted by molar-refractivity contribution is 7.07. The van der Waals surface area contributed by atoms with Crippen molar-refractivity contribution in [2.75, 3.05) is 14.2 Å². The van der Waals surface area contributed by atoms with Gasteiger partial charge in [-0.25, -0.2) is 0 Å². The average Bonchev–Trinajstić information content (AvgIpc) is 3.15. The molecule has 1 atom stereocenters. The number of nitrogens with two attached hydrogens (primary N) is 1. The van der Waals surface area contributed by atoms with E-state index in [4.69, 9.17) is 15.2 Å². The number of ether oxygens (including phenoxy) is 2. The smallest absolute Gasteiger partial charge is 0.274 e. The van der Waals surface area contributed by atoms with Crippen LogP contribution in [0.4, 0.5) is 0 Å². The van der Waals surface area contributed by atoms with Crippen molar-refractivity contribution in [2.24, 2.45) is 5.73 Å². The molecule has 0 aliphatic carbocycles. The minimum atomic E-state index is -0.692. The van der Waals surface area contributed by atoms with Crippen molar-refractivity contribution in [2.45, 2.75) is 5.92 Å². The van der Waals surface area contributed by atoms with Crippen molar-refractivity contribution in [1.29, 1.82) is 10.5 Å². The van der Waals surface area contributed by atoms with E-state index in [0.29, 0.717) is 26.3 Å². The lowest BCUT2D eigenvalue weighted by Gasteiger charge is -2.22. The quantitative estimate of drug-likeness (QED) is 0.660. The minimum absolute atomic E-state index is 0.0286. The molecule has 158 valence electrons. The van der Waals surface area contributed by atoms with Gasteiger partial charge in [-0.15, -0.1) is 11.3 Å². The number of hydrogen-bond acceptors (Lipinski definition) is 7. The first kappa shape index (κ1) is 21.0. The number of nitriles is 2. The van der Waals surface area contributed by atoms with Crippen LogP contribution >= 0.6 is 11.3 Å². The number of methoxy groups -OCH3 is 2. The summed E-state index contributed by atoms with van der Waals surface area (Å²) in [6.07, 6.45) is 1.72. The van der Waals surface area contributed by atoms with Crippen LogP contribution in [0.2, 0.25) is 0 Å². The third-order valence-electron chi connectivity index (χ3n) is 5.21. The molecule has 0 bridgehead atoms. The Hall–Kier alpha value is -4.27. The Morgan fingerprint density at radius 1 is 1.03 bits per heavy atom. The van der Waals surface area contributed by atoms with Gasteiger partial charge in [0.25, 0.3) is 5.56 Å². The normalized spacial score (nSPS) is 15.7. The topological polar surface area (TPSA) is 114 Å². The molecule has 0 saturated carbocycles. The van der Waals surface area contributed by atoms with Crippen LogP contribution < -0.4 is 30.0 Å². The maximum Gasteiger partial charge on any atom is 0.274 e. The Morgan fingerprint density at radius 2 is 1.69 bits per heavy atom. The molecule has 1 unspecified atom stereocenters. The Kier molecular flexibility index (Phi) is 5.55. The van der Waals surface area contributed by atoms with Gasteiger partial charge in [-0.2, -0.15) is 10.5 Å². The number of allylic oxidation sites excluding steroid dienone is 1. The van der Waals surface area contributed by atoms with Crippen LogP contribution in [0.3, 0.4) is 0 Å². The molecule has 0 fully saturated rings. The average molecular weight is 443 g/mol. The van der Waals surface area contributed by atoms with Gasteiger partial charge in [-0.1, -0.05) is 24.3 Å². The van der Waals surface area contributed by atoms with E-state index < -0.39 is 5.92 Å². The molecule has 2 aromatic carbocycles. The van der Waals surface area contributed by atoms with Gasteiger partial charge >= 0.3 is 0 Å². The first-order valence-corrected chi connectivity index (χ1v) is 10.4. The summed E-state index contributed by atoms with van der Waals surface area (Å²) in [7, 11) is 3.11. The van der Waals surface area contributed by atoms with Gasteiger partial charge in [0.15, 0.2) is 0 Å². The molecule has 1 aliphatic rings. The molecule has 1 aromatic heterocycles. The van der Waals surface area contributed by atoms with Crippen LogP contribution in [0, 0.1) is 22.7 Å². The van der Waals surface area contributed by atoms with Crippen LogP contribution in [-0.2, 0) is 0 Å². The molecular weight excluding hydrogens is 424 g/mol. The van der Waals surface area contributed by atoms with Crippen LogP contribution in [0.1, 0.15) is 17.0 Å². The molecule has 0 spiro atoms. The Balaban J connectivity index is 2.02. The number of hydrogen-bond donors (Lipinski definition) is 1. The van der Waals surface area contributed by atoms with Gasteiger partial charge < -0.3 is 15.2 Å². The van der Waals surface area contributed by atoms with Crippen molar-refractivity contribution in [3.05, 3.63) is 84.8 Å². The first-order chi connectivity index (χ1) is 15.5. The van der Waals surface area contributed by atoms with E-state index in [1.807, 2.05) is 18.2 Å². The summed E-state index contributed by atoms with van der Waals surface area (Å²) in [5.41, 5.74) is 7.82. The number of rotatable bonds is 4. The third kappa shape index (κ3) is 3.43. The molecule has 3 aromatic rings. The van der Waals surface area contributed by atoms with Gasteiger partial charge in [-0.05, 0) is 41.5 Å². The predicted octanol–water partition coefficient (Wildman–Crippen LogP) is 1.88. The molecule has 0 amide bonds. The standard InChI is InChI=1S/C24H18N4O3S/c1-30-16-7-3-5-14(9-16)10-20-23(29)28-22(27)18(12-25)21(19(13-26)24(28)32-20)15-6-4-8-17(11-15)31-2/h3-11,21H,27H2,1-2H3/b20-10-. The van der Waals surface area contributed by atoms with Gasteiger partial charge in [0.2, 0.25) is 0 Å². The zero-order valence-corrected chi connectivity index (χ0v) is 18.1. The fourth-order valence-electron chi connectivity index (χ4n) is 3.69. The zero-order chi connectivity index (χ0) is 22.8. The van der Waals surface area contributed by atoms with E-state index in [1.165, 1.54) is 15.9 Å². The maximum atomic E-state index is 13.2. The number of nitrogens with zero attached hydrogens (tertiary/aromatic N) is 3. The largest absolute Gasteiger partial charge is 0.497 e. The number of thiazole rings is 1. The number of fused-ring (bicyclic) bond motifs is 1. The zero-order valence-electron chi connectivity index (χ0n) is 17.3. The molecule has 2 heterocycles. The lowest BCUT2D eigenvalue weighted by Crippen LogP contribution is -2.38. The molecule has 7 nitrogen and oxygen atoms in total. The van der Waals surface area contributed by atoms with Crippen molar-refractivity contribution >= 4 is 28.8 Å². The molecule has 0 radical (unpaired) electrons. The molecule has 0 saturated heterocycles. The lowest BCUT2D eigenvalue weighted by molar-refractivity contribution is 0.414. The van der Waals surface area contributed by atoms with Crippen molar-refractivity contribution in [3.8, 4) is 23.6 Å². The summed E-state index contributed by atoms with van der Waals surface area (Å²) in [4.78, 5) is 13.2. The van der Waals surface area contributed by atoms with Crippen molar-refractivity contribution < 1.29 is 9.47 Å². The second-order valence-electron chi connectivity index (χ2n) is 6.98. The van der Waals surface area contributed by atoms with Crippen LogP contribution in [0.5, 0.6) is 11.5 Å². The van der Waals surface area contributed by atoms with Crippen LogP contribution in [0.15, 0.2) is 58.9 Å². The van der Waals surface area contributed by atoms with E-state index in [9.17, 15) is 15.3 Å². The SMILES string of the molecule is COc1cccc(/C=c2\sc3n(c2=O)C(N)=C(C#N)C(c2cccc(OC)c2)C=3C#N)c1. The van der Waals surface area contributed by atoms with Crippen molar-refractivity contribution in [3.63, 3.8) is 0 Å². The van der Waals surface area contributed by atoms with Gasteiger partial charge in [0.1, 0.15) is 22.0 Å². The molecule has 1 aliphatic heterocycles. The highest BCUT2D eigenvalue weighted by Gasteiger charge is 2.32. The van der Waals surface area contributed by atoms with E-state index >= 15 is 0 Å². The second kappa shape index (κ2) is 8.46. The number of aromatic nitrogens is 1. The lowest BCUT2D eigenvalue weighted by atomic mass is 9.84. The van der Waals surface area contributed by atoms with E-state index in [-0.39, 0.29) is 22.5 Å². The highest BCUT2D eigenvalue weighted by Crippen LogP contribution is 2.36. The van der Waals surface area contributed by atoms with Gasteiger partial charge in [0, 0.05) is 0 Å². The predicted molar refractivity (Wildman–Crippen MR) is 122 cm³/mol. The third-order valence-corrected chi connectivity index (χ3v) is 6.32. The molecule has 2 N–H and O–H groups in total. The molecule has 8 heteroatoms. The molecule has 32 heavy (non-hydrogen) atoms. The fourth-order valence-corrected chi connectivity index (χ4v) is 4.82. The number of benzene rings is 2.